The number of rotatable bonds is 6. The number of unbranched alkanes of at least 4 members (excludes halogenated alkanes) is 1. The largest absolute Gasteiger partial charge is 0.462 e. The van der Waals surface area contributed by atoms with Crippen molar-refractivity contribution in [2.75, 3.05) is 12.4 Å². The molecule has 0 atom stereocenters. The van der Waals surface area contributed by atoms with E-state index in [1.54, 1.807) is 12.1 Å². The van der Waals surface area contributed by atoms with Gasteiger partial charge in [0.25, 0.3) is 10.1 Å². The van der Waals surface area contributed by atoms with Crippen LogP contribution < -0.4 is 0 Å². The van der Waals surface area contributed by atoms with Crippen LogP contribution in [0.5, 0.6) is 0 Å². The minimum absolute atomic E-state index is 0.126. The van der Waals surface area contributed by atoms with E-state index >= 15 is 0 Å². The van der Waals surface area contributed by atoms with Gasteiger partial charge in [-0.1, -0.05) is 30.3 Å². The number of hydrogen-bond donors (Lipinski definition) is 1. The molecule has 0 aliphatic rings. The molecular weight excluding hydrogens is 292 g/mol. The van der Waals surface area contributed by atoms with Gasteiger partial charge in [0.05, 0.1) is 17.9 Å². The fourth-order valence-corrected chi connectivity index (χ4v) is 2.52. The van der Waals surface area contributed by atoms with Gasteiger partial charge in [-0.15, -0.1) is 0 Å². The maximum Gasteiger partial charge on any atom is 0.338 e. The van der Waals surface area contributed by atoms with Crippen molar-refractivity contribution in [3.05, 3.63) is 48.0 Å². The Hall–Kier alpha value is -1.92. The molecule has 1 N–H and O–H groups in total. The number of hydrogen-bond acceptors (Lipinski definition) is 4. The zero-order valence-electron chi connectivity index (χ0n) is 11.4. The second kappa shape index (κ2) is 6.69. The van der Waals surface area contributed by atoms with Crippen LogP contribution in [0.25, 0.3) is 10.8 Å². The molecule has 5 nitrogen and oxygen atoms in total. The standard InChI is InChI=1S/C15H16O5S/c16-15(20-9-3-4-10-21(17,18)19)14-8-7-12-5-1-2-6-13(12)11-14/h1-2,5-8,11H,3-4,9-10H2,(H,17,18,19). The minimum atomic E-state index is -3.94. The van der Waals surface area contributed by atoms with Crippen molar-refractivity contribution in [3.8, 4) is 0 Å². The lowest BCUT2D eigenvalue weighted by Gasteiger charge is -2.05. The van der Waals surface area contributed by atoms with Gasteiger partial charge in [-0.3, -0.25) is 4.55 Å². The fraction of sp³-hybridized carbons (Fsp3) is 0.267. The summed E-state index contributed by atoms with van der Waals surface area (Å²) in [6, 6.07) is 13.0. The highest BCUT2D eigenvalue weighted by Gasteiger charge is 2.08. The van der Waals surface area contributed by atoms with E-state index in [0.29, 0.717) is 12.0 Å². The highest BCUT2D eigenvalue weighted by molar-refractivity contribution is 7.85. The molecule has 6 heteroatoms. The van der Waals surface area contributed by atoms with E-state index in [1.165, 1.54) is 0 Å². The van der Waals surface area contributed by atoms with Crippen molar-refractivity contribution in [2.24, 2.45) is 0 Å². The average molecular weight is 308 g/mol. The molecule has 21 heavy (non-hydrogen) atoms. The first-order valence-corrected chi connectivity index (χ1v) is 8.18. The van der Waals surface area contributed by atoms with Crippen LogP contribution in [-0.2, 0) is 14.9 Å². The lowest BCUT2D eigenvalue weighted by molar-refractivity contribution is 0.0500. The Balaban J connectivity index is 1.87. The highest BCUT2D eigenvalue weighted by atomic mass is 32.2. The lowest BCUT2D eigenvalue weighted by Crippen LogP contribution is -2.09. The van der Waals surface area contributed by atoms with Gasteiger partial charge in [0.2, 0.25) is 0 Å². The molecule has 0 aromatic heterocycles. The summed E-state index contributed by atoms with van der Waals surface area (Å²) in [6.07, 6.45) is 0.642. The molecule has 2 aromatic rings. The van der Waals surface area contributed by atoms with Crippen molar-refractivity contribution in [2.45, 2.75) is 12.8 Å². The van der Waals surface area contributed by atoms with Gasteiger partial charge < -0.3 is 4.74 Å². The van der Waals surface area contributed by atoms with Gasteiger partial charge >= 0.3 is 5.97 Å². The Bertz CT molecular complexity index is 737. The summed E-state index contributed by atoms with van der Waals surface area (Å²) in [5, 5.41) is 2.00. The van der Waals surface area contributed by atoms with Crippen molar-refractivity contribution in [1.82, 2.24) is 0 Å². The van der Waals surface area contributed by atoms with E-state index in [2.05, 4.69) is 0 Å². The Kier molecular flexibility index (Phi) is 4.93. The molecule has 0 spiro atoms. The molecule has 0 fully saturated rings. The number of carbonyl (C=O) groups is 1. The first-order valence-electron chi connectivity index (χ1n) is 6.57. The third-order valence-electron chi connectivity index (χ3n) is 3.01. The molecular formula is C15H16O5S. The first kappa shape index (κ1) is 15.5. The van der Waals surface area contributed by atoms with E-state index in [-0.39, 0.29) is 18.8 Å². The van der Waals surface area contributed by atoms with Crippen molar-refractivity contribution in [3.63, 3.8) is 0 Å². The average Bonchev–Trinajstić information content (AvgIpc) is 2.45. The molecule has 0 aliphatic heterocycles. The second-order valence-electron chi connectivity index (χ2n) is 4.69. The molecule has 0 heterocycles. The van der Waals surface area contributed by atoms with Crippen LogP contribution in [0.15, 0.2) is 42.5 Å². The van der Waals surface area contributed by atoms with Crippen molar-refractivity contribution >= 4 is 26.9 Å². The summed E-state index contributed by atoms with van der Waals surface area (Å²) in [7, 11) is -3.94. The summed E-state index contributed by atoms with van der Waals surface area (Å²) < 4.78 is 34.7. The van der Waals surface area contributed by atoms with Crippen LogP contribution in [-0.4, -0.2) is 31.3 Å². The Morgan fingerprint density at radius 3 is 2.48 bits per heavy atom. The van der Waals surface area contributed by atoms with E-state index in [0.717, 1.165) is 10.8 Å². The van der Waals surface area contributed by atoms with Gasteiger partial charge in [0, 0.05) is 0 Å². The maximum absolute atomic E-state index is 11.9. The van der Waals surface area contributed by atoms with Gasteiger partial charge in [-0.05, 0) is 35.7 Å². The molecule has 2 rings (SSSR count). The van der Waals surface area contributed by atoms with E-state index in [4.69, 9.17) is 9.29 Å². The summed E-state index contributed by atoms with van der Waals surface area (Å²) in [5.41, 5.74) is 0.462. The Morgan fingerprint density at radius 2 is 1.76 bits per heavy atom. The van der Waals surface area contributed by atoms with Crippen LogP contribution in [0.4, 0.5) is 0 Å². The number of ether oxygens (including phenoxy) is 1. The second-order valence-corrected chi connectivity index (χ2v) is 6.26. The fourth-order valence-electron chi connectivity index (χ4n) is 1.95. The number of carbonyl (C=O) groups excluding carboxylic acids is 1. The maximum atomic E-state index is 11.9. The van der Waals surface area contributed by atoms with Gasteiger partial charge in [0.15, 0.2) is 0 Å². The number of fused-ring (bicyclic) bond motifs is 1. The Labute approximate surface area is 123 Å². The molecule has 0 bridgehead atoms. The van der Waals surface area contributed by atoms with Crippen LogP contribution in [0, 0.1) is 0 Å². The molecule has 0 unspecified atom stereocenters. The molecule has 0 radical (unpaired) electrons. The van der Waals surface area contributed by atoms with Crippen molar-refractivity contribution in [1.29, 1.82) is 0 Å². The Morgan fingerprint density at radius 1 is 1.05 bits per heavy atom. The van der Waals surface area contributed by atoms with Crippen molar-refractivity contribution < 1.29 is 22.5 Å². The van der Waals surface area contributed by atoms with E-state index in [9.17, 15) is 13.2 Å². The monoisotopic (exact) mass is 308 g/mol. The van der Waals surface area contributed by atoms with Crippen LogP contribution in [0.1, 0.15) is 23.2 Å². The van der Waals surface area contributed by atoms with Gasteiger partial charge in [-0.2, -0.15) is 8.42 Å². The highest BCUT2D eigenvalue weighted by Crippen LogP contribution is 2.16. The number of benzene rings is 2. The predicted molar refractivity (Wildman–Crippen MR) is 79.9 cm³/mol. The topological polar surface area (TPSA) is 80.7 Å². The molecule has 0 saturated heterocycles. The summed E-state index contributed by atoms with van der Waals surface area (Å²) in [5.74, 6) is -0.756. The zero-order valence-corrected chi connectivity index (χ0v) is 12.2. The minimum Gasteiger partial charge on any atom is -0.462 e. The molecule has 0 aliphatic carbocycles. The molecule has 2 aromatic carbocycles. The van der Waals surface area contributed by atoms with Crippen LogP contribution in [0.3, 0.4) is 0 Å². The number of esters is 1. The summed E-state index contributed by atoms with van der Waals surface area (Å²) in [4.78, 5) is 11.9. The molecule has 112 valence electrons. The predicted octanol–water partition coefficient (Wildman–Crippen LogP) is 2.66. The van der Waals surface area contributed by atoms with Crippen LogP contribution in [0.2, 0.25) is 0 Å². The smallest absolute Gasteiger partial charge is 0.338 e. The lowest BCUT2D eigenvalue weighted by atomic mass is 10.1. The van der Waals surface area contributed by atoms with Crippen LogP contribution >= 0.6 is 0 Å². The third kappa shape index (κ3) is 4.84. The third-order valence-corrected chi connectivity index (χ3v) is 3.82. The molecule has 0 saturated carbocycles. The first-order chi connectivity index (χ1) is 9.96. The SMILES string of the molecule is O=C(OCCCCS(=O)(=O)O)c1ccc2ccccc2c1. The van der Waals surface area contributed by atoms with Gasteiger partial charge in [0.1, 0.15) is 0 Å². The summed E-state index contributed by atoms with van der Waals surface area (Å²) >= 11 is 0. The summed E-state index contributed by atoms with van der Waals surface area (Å²) in [6.45, 7) is 0.126. The van der Waals surface area contributed by atoms with E-state index < -0.39 is 16.1 Å². The molecule has 0 amide bonds. The van der Waals surface area contributed by atoms with E-state index in [1.807, 2.05) is 30.3 Å². The zero-order chi connectivity index (χ0) is 15.3. The van der Waals surface area contributed by atoms with Gasteiger partial charge in [-0.25, -0.2) is 4.79 Å². The normalized spacial score (nSPS) is 11.5. The quantitative estimate of drug-likeness (QED) is 0.504.